The van der Waals surface area contributed by atoms with Gasteiger partial charge < -0.3 is 24.4 Å². The Morgan fingerprint density at radius 2 is 1.71 bits per heavy atom. The highest BCUT2D eigenvalue weighted by Gasteiger charge is 2.66. The summed E-state index contributed by atoms with van der Waals surface area (Å²) < 4.78 is 8.42. The van der Waals surface area contributed by atoms with Crippen molar-refractivity contribution in [3.05, 3.63) is 129 Å². The molecule has 268 valence electrons. The van der Waals surface area contributed by atoms with Crippen molar-refractivity contribution in [1.82, 2.24) is 14.7 Å². The van der Waals surface area contributed by atoms with Crippen LogP contribution in [0.25, 0.3) is 16.6 Å². The quantitative estimate of drug-likeness (QED) is 0.185. The highest BCUT2D eigenvalue weighted by Crippen LogP contribution is 2.60. The number of hydrogen-bond acceptors (Lipinski definition) is 6. The zero-order valence-corrected chi connectivity index (χ0v) is 31.0. The lowest BCUT2D eigenvalue weighted by molar-refractivity contribution is -0.151. The Kier molecular flexibility index (Phi) is 8.54. The number of ether oxygens (including phenoxy) is 1. The minimum absolute atomic E-state index is 0.0375. The molecule has 1 aromatic heterocycles. The van der Waals surface area contributed by atoms with Crippen LogP contribution < -0.4 is 10.5 Å². The minimum Gasteiger partial charge on any atom is -0.432 e. The number of anilines is 1. The molecule has 1 saturated heterocycles. The molecule has 1 fully saturated rings. The van der Waals surface area contributed by atoms with Crippen molar-refractivity contribution in [2.24, 2.45) is 5.92 Å². The van der Waals surface area contributed by atoms with E-state index in [-0.39, 0.29) is 43.0 Å². The Bertz CT molecular complexity index is 2260. The molecule has 12 heteroatoms. The van der Waals surface area contributed by atoms with Crippen molar-refractivity contribution >= 4 is 48.3 Å². The van der Waals surface area contributed by atoms with E-state index in [2.05, 4.69) is 5.10 Å². The molecular formula is C40H41ClN4O6Si. The van der Waals surface area contributed by atoms with Crippen LogP contribution in [0.2, 0.25) is 23.7 Å². The summed E-state index contributed by atoms with van der Waals surface area (Å²) in [5.74, 6) is -0.931. The van der Waals surface area contributed by atoms with E-state index in [4.69, 9.17) is 16.3 Å². The van der Waals surface area contributed by atoms with Crippen molar-refractivity contribution < 1.29 is 24.2 Å². The number of aliphatic hydroxyl groups excluding tert-OH is 1. The Morgan fingerprint density at radius 3 is 2.42 bits per heavy atom. The monoisotopic (exact) mass is 736 g/mol. The van der Waals surface area contributed by atoms with Gasteiger partial charge in [0.05, 0.1) is 54.0 Å². The second kappa shape index (κ2) is 12.9. The first-order valence-corrected chi connectivity index (χ1v) is 21.1. The molecule has 5 atom stereocenters. The zero-order valence-electron chi connectivity index (χ0n) is 29.3. The van der Waals surface area contributed by atoms with Gasteiger partial charge >= 0.3 is 0 Å². The summed E-state index contributed by atoms with van der Waals surface area (Å²) in [6, 6.07) is 27.7. The lowest BCUT2D eigenvalue weighted by Crippen LogP contribution is -2.48. The van der Waals surface area contributed by atoms with E-state index in [0.29, 0.717) is 40.3 Å². The smallest absolute Gasteiger partial charge is 0.279 e. The van der Waals surface area contributed by atoms with Gasteiger partial charge in [-0.05, 0) is 78.7 Å². The van der Waals surface area contributed by atoms with Crippen LogP contribution in [0.3, 0.4) is 0 Å². The minimum atomic E-state index is -3.04. The van der Waals surface area contributed by atoms with Crippen molar-refractivity contribution in [3.8, 4) is 5.69 Å². The fraction of sp³-hybridized carbons (Fsp3) is 0.325. The predicted octanol–water partition coefficient (Wildman–Crippen LogP) is 5.65. The van der Waals surface area contributed by atoms with Gasteiger partial charge in [-0.2, -0.15) is 0 Å². The third-order valence-electron chi connectivity index (χ3n) is 11.3. The molecule has 0 saturated carbocycles. The number of halogens is 1. The molecule has 1 spiro atoms. The van der Waals surface area contributed by atoms with Crippen LogP contribution >= 0.6 is 11.6 Å². The first-order valence-electron chi connectivity index (χ1n) is 17.7. The molecule has 0 radical (unpaired) electrons. The lowest BCUT2D eigenvalue weighted by Gasteiger charge is -2.37. The first kappa shape index (κ1) is 34.6. The number of nitrogens with one attached hydrogen (secondary N) is 1. The Labute approximate surface area is 307 Å². The number of hydrogen-bond donors (Lipinski definition) is 3. The maximum Gasteiger partial charge on any atom is 0.279 e. The van der Waals surface area contributed by atoms with Crippen LogP contribution in [0.15, 0.2) is 95.8 Å². The molecule has 5 aromatic rings. The van der Waals surface area contributed by atoms with Crippen molar-refractivity contribution in [2.45, 2.75) is 69.2 Å². The largest absolute Gasteiger partial charge is 0.432 e. The summed E-state index contributed by atoms with van der Waals surface area (Å²) in [4.78, 5) is 57.2. The molecule has 10 nitrogen and oxygen atoms in total. The highest BCUT2D eigenvalue weighted by molar-refractivity contribution is 6.71. The van der Waals surface area contributed by atoms with Crippen LogP contribution in [-0.4, -0.2) is 63.5 Å². The van der Waals surface area contributed by atoms with Crippen LogP contribution in [0, 0.1) is 5.92 Å². The molecule has 4 heterocycles. The third-order valence-corrected chi connectivity index (χ3v) is 14.1. The number of fused-ring (bicyclic) bond motifs is 4. The van der Waals surface area contributed by atoms with Crippen LogP contribution in [0.1, 0.15) is 35.6 Å². The molecular weight excluding hydrogens is 696 g/mol. The van der Waals surface area contributed by atoms with Gasteiger partial charge in [0.1, 0.15) is 0 Å². The molecule has 3 N–H and O–H groups in total. The normalized spacial score (nSPS) is 24.2. The number of carbonyl (C=O) groups is 2. The van der Waals surface area contributed by atoms with Gasteiger partial charge in [-0.3, -0.25) is 19.5 Å². The van der Waals surface area contributed by atoms with Gasteiger partial charge in [0.2, 0.25) is 5.91 Å². The number of nitrogens with zero attached hydrogens (tertiary/aromatic N) is 3. The Hall–Kier alpha value is -4.52. The van der Waals surface area contributed by atoms with Gasteiger partial charge in [0.15, 0.2) is 13.9 Å². The summed E-state index contributed by atoms with van der Waals surface area (Å²) in [5.41, 5.74) is 3.62. The average molecular weight is 737 g/mol. The SMILES string of the molecule is C[C@@H]1[C@@H]([Si](C)(C)O)[C@H](CC(=O)N2Cc3ccccc3C[C@H]2CO)O[C@@]12C(=O)N(Cc1ccc(-n3[nH]c4ccccc4c3=O)cc1)c1ccc(Cl)cc12. The van der Waals surface area contributed by atoms with Gasteiger partial charge in [0.25, 0.3) is 11.5 Å². The zero-order chi connectivity index (χ0) is 36.5. The molecule has 4 aromatic carbocycles. The standard InChI is InChI=1S/C40H41ClN4O6Si/c1-24-37(52(2,3)50)35(20-36(47)43-22-27-9-5-4-8-26(27)18-30(43)23-46)51-40(24)32-19-28(41)14-17-34(32)44(39(40)49)21-25-12-15-29(16-13-25)45-38(48)31-10-6-7-11-33(31)42-45/h4-17,19,24,30,35,37,42,46,50H,18,20-23H2,1-3H3/t24-,30+,35+,37-,40+/m1/s1. The summed E-state index contributed by atoms with van der Waals surface area (Å²) in [7, 11) is -3.04. The van der Waals surface area contributed by atoms with Crippen molar-refractivity contribution in [2.75, 3.05) is 11.5 Å². The fourth-order valence-corrected chi connectivity index (χ4v) is 11.6. The van der Waals surface area contributed by atoms with E-state index >= 15 is 0 Å². The topological polar surface area (TPSA) is 128 Å². The molecule has 52 heavy (non-hydrogen) atoms. The number of H-pyrrole nitrogens is 1. The van der Waals surface area contributed by atoms with Gasteiger partial charge in [-0.1, -0.05) is 67.1 Å². The van der Waals surface area contributed by atoms with E-state index in [0.717, 1.165) is 22.2 Å². The molecule has 3 aliphatic rings. The maximum atomic E-state index is 14.9. The van der Waals surface area contributed by atoms with E-state index in [1.54, 1.807) is 28.0 Å². The number of rotatable bonds is 7. The Morgan fingerprint density at radius 1 is 1.00 bits per heavy atom. The van der Waals surface area contributed by atoms with Crippen LogP contribution in [-0.2, 0) is 39.4 Å². The molecule has 3 aliphatic heterocycles. The van der Waals surface area contributed by atoms with Gasteiger partial charge in [0, 0.05) is 28.6 Å². The summed E-state index contributed by atoms with van der Waals surface area (Å²) in [6.45, 7) is 6.03. The highest BCUT2D eigenvalue weighted by atomic mass is 35.5. The molecule has 2 amide bonds. The van der Waals surface area contributed by atoms with E-state index in [1.165, 1.54) is 4.68 Å². The number of aliphatic hydroxyl groups is 1. The van der Waals surface area contributed by atoms with Crippen LogP contribution in [0.5, 0.6) is 0 Å². The summed E-state index contributed by atoms with van der Waals surface area (Å²) in [6.07, 6.45) is -0.230. The lowest BCUT2D eigenvalue weighted by atomic mass is 9.82. The summed E-state index contributed by atoms with van der Waals surface area (Å²) >= 11 is 6.59. The number of aromatic nitrogens is 2. The van der Waals surface area contributed by atoms with E-state index in [1.807, 2.05) is 92.8 Å². The number of aromatic amines is 1. The number of benzene rings is 4. The average Bonchev–Trinajstić information content (AvgIpc) is 3.71. The Balaban J connectivity index is 1.10. The second-order valence-corrected chi connectivity index (χ2v) is 19.3. The number of para-hydroxylation sites is 1. The molecule has 0 unspecified atom stereocenters. The number of carbonyl (C=O) groups excluding carboxylic acids is 2. The summed E-state index contributed by atoms with van der Waals surface area (Å²) in [5, 5.41) is 14.5. The van der Waals surface area contributed by atoms with Gasteiger partial charge in [-0.25, -0.2) is 4.68 Å². The fourth-order valence-electron chi connectivity index (χ4n) is 8.91. The third kappa shape index (κ3) is 5.54. The molecule has 8 rings (SSSR count). The van der Waals surface area contributed by atoms with Crippen molar-refractivity contribution in [3.63, 3.8) is 0 Å². The van der Waals surface area contributed by atoms with E-state index < -0.39 is 31.5 Å². The molecule has 0 aliphatic carbocycles. The maximum absolute atomic E-state index is 14.9. The van der Waals surface area contributed by atoms with Crippen LogP contribution in [0.4, 0.5) is 5.69 Å². The van der Waals surface area contributed by atoms with E-state index in [9.17, 15) is 24.3 Å². The molecule has 0 bridgehead atoms. The van der Waals surface area contributed by atoms with Crippen molar-refractivity contribution in [1.29, 1.82) is 0 Å². The predicted molar refractivity (Wildman–Crippen MR) is 202 cm³/mol. The number of amides is 2. The van der Waals surface area contributed by atoms with Gasteiger partial charge in [-0.15, -0.1) is 0 Å². The second-order valence-electron chi connectivity index (χ2n) is 14.9. The first-order chi connectivity index (χ1) is 24.9.